The Morgan fingerprint density at radius 2 is 1.26 bits per heavy atom. The first-order chi connectivity index (χ1) is 17.3. The third-order valence-corrected chi connectivity index (χ3v) is 5.97. The first kappa shape index (κ1) is 33.8. The summed E-state index contributed by atoms with van der Waals surface area (Å²) in [4.78, 5) is 30.4. The van der Waals surface area contributed by atoms with E-state index in [1.165, 1.54) is 0 Å². The fraction of sp³-hybridized carbons (Fsp3) is 0.923. The van der Waals surface area contributed by atoms with Gasteiger partial charge < -0.3 is 33.9 Å². The first-order valence-corrected chi connectivity index (χ1v) is 13.2. The molecule has 0 aromatic rings. The van der Waals surface area contributed by atoms with E-state index in [0.29, 0.717) is 32.8 Å². The average molecular weight is 544 g/mol. The van der Waals surface area contributed by atoms with Crippen molar-refractivity contribution in [3.05, 3.63) is 10.4 Å². The van der Waals surface area contributed by atoms with E-state index in [2.05, 4.69) is 10.0 Å². The summed E-state index contributed by atoms with van der Waals surface area (Å²) in [6.45, 7) is 21.1. The largest absolute Gasteiger partial charge is 0.444 e. The molecule has 12 heteroatoms. The lowest BCUT2D eigenvalue weighted by atomic mass is 10.0. The summed E-state index contributed by atoms with van der Waals surface area (Å²) in [5.41, 5.74) is 6.63. The third-order valence-electron chi connectivity index (χ3n) is 5.97. The van der Waals surface area contributed by atoms with Crippen LogP contribution in [0.5, 0.6) is 0 Å². The number of carbonyl (C=O) groups is 2. The summed E-state index contributed by atoms with van der Waals surface area (Å²) in [6, 6.07) is 0. The zero-order valence-electron chi connectivity index (χ0n) is 24.9. The summed E-state index contributed by atoms with van der Waals surface area (Å²) < 4.78 is 21.9. The van der Waals surface area contributed by atoms with E-state index in [1.807, 2.05) is 69.2 Å². The van der Waals surface area contributed by atoms with Crippen molar-refractivity contribution < 1.29 is 33.6 Å². The van der Waals surface area contributed by atoms with E-state index in [-0.39, 0.29) is 42.1 Å². The molecular weight excluding hydrogens is 494 g/mol. The molecule has 0 bridgehead atoms. The van der Waals surface area contributed by atoms with E-state index < -0.39 is 11.2 Å². The number of ether oxygens (including phenoxy) is 4. The van der Waals surface area contributed by atoms with Gasteiger partial charge in [0.15, 0.2) is 0 Å². The van der Waals surface area contributed by atoms with Gasteiger partial charge in [-0.05, 0) is 87.6 Å². The van der Waals surface area contributed by atoms with Crippen molar-refractivity contribution in [3.63, 3.8) is 0 Å². The lowest BCUT2D eigenvalue weighted by molar-refractivity contribution is 0.00791. The Morgan fingerprint density at radius 1 is 0.868 bits per heavy atom. The summed E-state index contributed by atoms with van der Waals surface area (Å²) in [7, 11) is 0. The number of nitrogens with zero attached hydrogens (tertiary/aromatic N) is 5. The van der Waals surface area contributed by atoms with Gasteiger partial charge in [0.1, 0.15) is 11.2 Å². The Balaban J connectivity index is 0.000000382. The lowest BCUT2D eigenvalue weighted by Gasteiger charge is -2.33. The van der Waals surface area contributed by atoms with Gasteiger partial charge in [-0.2, -0.15) is 0 Å². The van der Waals surface area contributed by atoms with Crippen LogP contribution < -0.4 is 0 Å². The van der Waals surface area contributed by atoms with Crippen LogP contribution in [0.4, 0.5) is 9.59 Å². The summed E-state index contributed by atoms with van der Waals surface area (Å²) in [6.07, 6.45) is 0.798. The fourth-order valence-corrected chi connectivity index (χ4v) is 4.39. The number of likely N-dealkylation sites (tertiary alicyclic amines) is 2. The van der Waals surface area contributed by atoms with Gasteiger partial charge in [0.2, 0.25) is 0 Å². The highest BCUT2D eigenvalue weighted by molar-refractivity contribution is 5.70. The normalized spacial score (nSPS) is 22.3. The second kappa shape index (κ2) is 13.7. The molecule has 2 rings (SSSR count). The minimum absolute atomic E-state index is 0.00334. The number of rotatable bonds is 7. The van der Waals surface area contributed by atoms with E-state index in [1.54, 1.807) is 9.80 Å². The topological polar surface area (TPSA) is 147 Å². The zero-order valence-corrected chi connectivity index (χ0v) is 24.9. The van der Waals surface area contributed by atoms with E-state index in [4.69, 9.17) is 29.6 Å². The monoisotopic (exact) mass is 543 g/mol. The minimum Gasteiger partial charge on any atom is -0.444 e. The number of aliphatic hydroxyl groups excluding tert-OH is 1. The first-order valence-electron chi connectivity index (χ1n) is 13.2. The van der Waals surface area contributed by atoms with E-state index in [9.17, 15) is 9.59 Å². The van der Waals surface area contributed by atoms with Crippen LogP contribution in [-0.2, 0) is 18.9 Å². The predicted molar refractivity (Wildman–Crippen MR) is 144 cm³/mol. The summed E-state index contributed by atoms with van der Waals surface area (Å²) >= 11 is 0. The number of carbonyl (C=O) groups excluding carboxylic acids is 2. The quantitative estimate of drug-likeness (QED) is 0.208. The van der Waals surface area contributed by atoms with Crippen LogP contribution in [0.1, 0.15) is 82.1 Å². The molecule has 38 heavy (non-hydrogen) atoms. The molecule has 0 radical (unpaired) electrons. The predicted octanol–water partition coefficient (Wildman–Crippen LogP) is 4.88. The maximum absolute atomic E-state index is 12.2. The van der Waals surface area contributed by atoms with Gasteiger partial charge in [-0.25, -0.2) is 9.59 Å². The number of aliphatic hydroxyl groups is 1. The summed E-state index contributed by atoms with van der Waals surface area (Å²) in [5, 5.41) is 12.2. The molecule has 0 spiro atoms. The highest BCUT2D eigenvalue weighted by Gasteiger charge is 2.44. The number of azide groups is 1. The molecule has 2 amide bonds. The van der Waals surface area contributed by atoms with Gasteiger partial charge in [-0.15, -0.1) is 0 Å². The highest BCUT2D eigenvalue weighted by Crippen LogP contribution is 2.33. The van der Waals surface area contributed by atoms with Crippen LogP contribution in [-0.4, -0.2) is 101 Å². The van der Waals surface area contributed by atoms with Crippen molar-refractivity contribution in [2.75, 3.05) is 39.5 Å². The molecule has 220 valence electrons. The summed E-state index contributed by atoms with van der Waals surface area (Å²) in [5.74, 6) is 0. The van der Waals surface area contributed by atoms with Gasteiger partial charge in [0.25, 0.3) is 0 Å². The molecule has 2 aliphatic rings. The van der Waals surface area contributed by atoms with Gasteiger partial charge >= 0.3 is 12.2 Å². The molecule has 2 heterocycles. The molecule has 0 aromatic heterocycles. The molecule has 0 aliphatic carbocycles. The molecule has 0 saturated carbocycles. The van der Waals surface area contributed by atoms with Crippen LogP contribution in [0, 0.1) is 0 Å². The Hall–Kier alpha value is -2.27. The molecule has 2 unspecified atom stereocenters. The minimum atomic E-state index is -0.506. The van der Waals surface area contributed by atoms with Gasteiger partial charge in [0, 0.05) is 22.5 Å². The van der Waals surface area contributed by atoms with Gasteiger partial charge in [-0.3, -0.25) is 0 Å². The van der Waals surface area contributed by atoms with Crippen LogP contribution in [0.3, 0.4) is 0 Å². The van der Waals surface area contributed by atoms with Crippen molar-refractivity contribution in [1.82, 2.24) is 9.80 Å². The Morgan fingerprint density at radius 3 is 1.61 bits per heavy atom. The van der Waals surface area contributed by atoms with Crippen molar-refractivity contribution in [1.29, 1.82) is 0 Å². The van der Waals surface area contributed by atoms with Crippen molar-refractivity contribution in [3.8, 4) is 0 Å². The Labute approximate surface area is 227 Å². The molecule has 2 saturated heterocycles. The van der Waals surface area contributed by atoms with Crippen LogP contribution in [0.15, 0.2) is 5.11 Å². The second-order valence-corrected chi connectivity index (χ2v) is 12.9. The van der Waals surface area contributed by atoms with Crippen LogP contribution in [0.2, 0.25) is 0 Å². The average Bonchev–Trinajstić information content (AvgIpc) is 3.22. The Kier molecular flexibility index (Phi) is 12.2. The van der Waals surface area contributed by atoms with Gasteiger partial charge in [0.05, 0.1) is 45.1 Å². The molecule has 1 N–H and O–H groups in total. The van der Waals surface area contributed by atoms with Crippen LogP contribution >= 0.6 is 0 Å². The smallest absolute Gasteiger partial charge is 0.410 e. The third kappa shape index (κ3) is 11.6. The van der Waals surface area contributed by atoms with Crippen molar-refractivity contribution in [2.24, 2.45) is 5.11 Å². The highest BCUT2D eigenvalue weighted by atomic mass is 16.6. The maximum atomic E-state index is 12.2. The van der Waals surface area contributed by atoms with Crippen LogP contribution in [0.25, 0.3) is 10.4 Å². The lowest BCUT2D eigenvalue weighted by Crippen LogP contribution is -2.45. The standard InChI is InChI=1S/C13H24N4O3.C13H25NO4/c1-12(2,3)20-11(18)17-9-10(8-13(17,4)5)19-7-6-15-16-14;1-12(2,3)18-11(16)14-9-10(17-7-6-15)8-13(14,4)5/h10H,6-9H2,1-5H3;10,15H,6-9H2,1-5H3. The molecule has 2 fully saturated rings. The zero-order chi connectivity index (χ0) is 29.4. The van der Waals surface area contributed by atoms with Gasteiger partial charge in [-0.1, -0.05) is 5.11 Å². The van der Waals surface area contributed by atoms with E-state index >= 15 is 0 Å². The molecule has 0 aromatic carbocycles. The fourth-order valence-electron chi connectivity index (χ4n) is 4.39. The number of amides is 2. The SMILES string of the molecule is CC(C)(C)OC(=O)N1CC(OCCN=[N+]=[N-])CC1(C)C.CC(C)(C)OC(=O)N1CC(OCCO)CC1(C)C. The number of hydrogen-bond acceptors (Lipinski definition) is 8. The van der Waals surface area contributed by atoms with Crippen molar-refractivity contribution in [2.45, 2.75) is 117 Å². The molecule has 2 atom stereocenters. The maximum Gasteiger partial charge on any atom is 0.410 e. The molecule has 12 nitrogen and oxygen atoms in total. The molecule has 2 aliphatic heterocycles. The van der Waals surface area contributed by atoms with E-state index in [0.717, 1.165) is 12.8 Å². The molecular formula is C26H49N5O7. The number of hydrogen-bond donors (Lipinski definition) is 1. The second-order valence-electron chi connectivity index (χ2n) is 12.9. The Bertz CT molecular complexity index is 829. The van der Waals surface area contributed by atoms with Crippen molar-refractivity contribution >= 4 is 12.2 Å².